The molecule has 1 aliphatic carbocycles. The summed E-state index contributed by atoms with van der Waals surface area (Å²) < 4.78 is 0. The number of carboxylic acids is 1. The standard InChI is InChI=1S/C14H22N2O4S/c1-2-10(14(19)20)15-12(17)11-7-21-8-16(11)13(18)9-5-3-4-6-9/h9-11H,2-8H2,1H3,(H,15,17)(H,19,20). The van der Waals surface area contributed by atoms with Gasteiger partial charge in [0.05, 0.1) is 5.88 Å². The third-order valence-electron chi connectivity index (χ3n) is 4.20. The molecule has 2 atom stereocenters. The van der Waals surface area contributed by atoms with Crippen LogP contribution in [0.5, 0.6) is 0 Å². The second-order valence-electron chi connectivity index (χ2n) is 5.61. The number of hydrogen-bond acceptors (Lipinski definition) is 4. The summed E-state index contributed by atoms with van der Waals surface area (Å²) in [5.41, 5.74) is 0. The van der Waals surface area contributed by atoms with Crippen LogP contribution in [-0.2, 0) is 14.4 Å². The van der Waals surface area contributed by atoms with E-state index >= 15 is 0 Å². The number of aliphatic carboxylic acids is 1. The van der Waals surface area contributed by atoms with Crippen LogP contribution in [-0.4, -0.2) is 51.5 Å². The second-order valence-corrected chi connectivity index (χ2v) is 6.61. The highest BCUT2D eigenvalue weighted by atomic mass is 32.2. The Balaban J connectivity index is 1.98. The number of amides is 2. The molecule has 1 saturated heterocycles. The van der Waals surface area contributed by atoms with E-state index < -0.39 is 18.1 Å². The first-order valence-electron chi connectivity index (χ1n) is 7.46. The lowest BCUT2D eigenvalue weighted by Gasteiger charge is -2.26. The zero-order chi connectivity index (χ0) is 15.4. The van der Waals surface area contributed by atoms with Gasteiger partial charge >= 0.3 is 5.97 Å². The van der Waals surface area contributed by atoms with Crippen molar-refractivity contribution in [3.8, 4) is 0 Å². The predicted molar refractivity (Wildman–Crippen MR) is 79.8 cm³/mol. The molecule has 1 aliphatic heterocycles. The van der Waals surface area contributed by atoms with Crippen LogP contribution in [0.3, 0.4) is 0 Å². The van der Waals surface area contributed by atoms with Gasteiger partial charge in [0, 0.05) is 11.7 Å². The van der Waals surface area contributed by atoms with Crippen molar-refractivity contribution in [2.24, 2.45) is 5.92 Å². The molecule has 0 aromatic heterocycles. The smallest absolute Gasteiger partial charge is 0.326 e. The SMILES string of the molecule is CCC(NC(=O)C1CSCN1C(=O)C1CCCC1)C(=O)O. The van der Waals surface area contributed by atoms with Crippen molar-refractivity contribution in [1.29, 1.82) is 0 Å². The van der Waals surface area contributed by atoms with Crippen molar-refractivity contribution in [2.45, 2.75) is 51.1 Å². The average molecular weight is 314 g/mol. The van der Waals surface area contributed by atoms with Crippen LogP contribution in [0.4, 0.5) is 0 Å². The van der Waals surface area contributed by atoms with Gasteiger partial charge in [-0.05, 0) is 19.3 Å². The van der Waals surface area contributed by atoms with Gasteiger partial charge < -0.3 is 15.3 Å². The van der Waals surface area contributed by atoms with Crippen LogP contribution >= 0.6 is 11.8 Å². The Bertz CT molecular complexity index is 423. The van der Waals surface area contributed by atoms with Gasteiger partial charge in [0.2, 0.25) is 11.8 Å². The summed E-state index contributed by atoms with van der Waals surface area (Å²) in [6.07, 6.45) is 4.29. The van der Waals surface area contributed by atoms with E-state index in [4.69, 9.17) is 5.11 Å². The molecule has 2 amide bonds. The molecule has 0 radical (unpaired) electrons. The van der Waals surface area contributed by atoms with E-state index in [0.717, 1.165) is 25.7 Å². The normalized spacial score (nSPS) is 24.0. The molecular weight excluding hydrogens is 292 g/mol. The average Bonchev–Trinajstić information content (AvgIpc) is 3.13. The first kappa shape index (κ1) is 16.1. The van der Waals surface area contributed by atoms with Crippen LogP contribution in [0.1, 0.15) is 39.0 Å². The van der Waals surface area contributed by atoms with Crippen molar-refractivity contribution in [3.05, 3.63) is 0 Å². The number of rotatable bonds is 5. The van der Waals surface area contributed by atoms with Crippen LogP contribution < -0.4 is 5.32 Å². The number of nitrogens with one attached hydrogen (secondary N) is 1. The van der Waals surface area contributed by atoms with Crippen molar-refractivity contribution in [3.63, 3.8) is 0 Å². The van der Waals surface area contributed by atoms with Crippen molar-refractivity contribution >= 4 is 29.5 Å². The third kappa shape index (κ3) is 3.70. The summed E-state index contributed by atoms with van der Waals surface area (Å²) >= 11 is 1.55. The lowest BCUT2D eigenvalue weighted by Crippen LogP contribution is -2.52. The second kappa shape index (κ2) is 7.15. The van der Waals surface area contributed by atoms with E-state index in [-0.39, 0.29) is 17.7 Å². The van der Waals surface area contributed by atoms with Crippen molar-refractivity contribution in [2.75, 3.05) is 11.6 Å². The minimum Gasteiger partial charge on any atom is -0.480 e. The van der Waals surface area contributed by atoms with E-state index in [1.807, 2.05) is 0 Å². The Kier molecular flexibility index (Phi) is 5.50. The van der Waals surface area contributed by atoms with Crippen LogP contribution in [0.15, 0.2) is 0 Å². The van der Waals surface area contributed by atoms with Gasteiger partial charge in [-0.15, -0.1) is 11.8 Å². The summed E-state index contributed by atoms with van der Waals surface area (Å²) in [5.74, 6) is -0.218. The largest absolute Gasteiger partial charge is 0.480 e. The van der Waals surface area contributed by atoms with E-state index in [9.17, 15) is 14.4 Å². The molecule has 2 unspecified atom stereocenters. The van der Waals surface area contributed by atoms with E-state index in [1.54, 1.807) is 23.6 Å². The number of carbonyl (C=O) groups is 3. The molecule has 2 aliphatic rings. The van der Waals surface area contributed by atoms with E-state index in [0.29, 0.717) is 18.1 Å². The van der Waals surface area contributed by atoms with Crippen LogP contribution in [0, 0.1) is 5.92 Å². The fourth-order valence-corrected chi connectivity index (χ4v) is 4.05. The zero-order valence-electron chi connectivity index (χ0n) is 12.2. The quantitative estimate of drug-likeness (QED) is 0.792. The number of hydrogen-bond donors (Lipinski definition) is 2. The third-order valence-corrected chi connectivity index (χ3v) is 5.21. The first-order valence-corrected chi connectivity index (χ1v) is 8.61. The van der Waals surface area contributed by atoms with E-state index in [1.165, 1.54) is 0 Å². The summed E-state index contributed by atoms with van der Waals surface area (Å²) in [7, 11) is 0. The Morgan fingerprint density at radius 3 is 2.57 bits per heavy atom. The topological polar surface area (TPSA) is 86.7 Å². The fraction of sp³-hybridized carbons (Fsp3) is 0.786. The minimum absolute atomic E-state index is 0.0421. The van der Waals surface area contributed by atoms with Gasteiger partial charge in [-0.1, -0.05) is 19.8 Å². The molecule has 2 fully saturated rings. The van der Waals surface area contributed by atoms with Crippen LogP contribution in [0.25, 0.3) is 0 Å². The fourth-order valence-electron chi connectivity index (χ4n) is 2.89. The zero-order valence-corrected chi connectivity index (χ0v) is 13.0. The number of nitrogens with zero attached hydrogens (tertiary/aromatic N) is 1. The Morgan fingerprint density at radius 1 is 1.33 bits per heavy atom. The van der Waals surface area contributed by atoms with E-state index in [2.05, 4.69) is 5.32 Å². The highest BCUT2D eigenvalue weighted by molar-refractivity contribution is 7.99. The molecule has 6 nitrogen and oxygen atoms in total. The maximum absolute atomic E-state index is 12.5. The van der Waals surface area contributed by atoms with Gasteiger partial charge in [0.1, 0.15) is 12.1 Å². The Labute approximate surface area is 128 Å². The molecule has 2 N–H and O–H groups in total. The molecule has 118 valence electrons. The lowest BCUT2D eigenvalue weighted by atomic mass is 10.1. The lowest BCUT2D eigenvalue weighted by molar-refractivity contribution is -0.144. The summed E-state index contributed by atoms with van der Waals surface area (Å²) in [6, 6.07) is -1.41. The molecule has 1 saturated carbocycles. The molecule has 7 heteroatoms. The molecular formula is C14H22N2O4S. The molecule has 2 rings (SSSR count). The molecule has 1 heterocycles. The summed E-state index contributed by atoms with van der Waals surface area (Å²) in [6.45, 7) is 1.71. The highest BCUT2D eigenvalue weighted by Crippen LogP contribution is 2.30. The number of carboxylic acid groups (broad SMARTS) is 1. The highest BCUT2D eigenvalue weighted by Gasteiger charge is 2.39. The predicted octanol–water partition coefficient (Wildman–Crippen LogP) is 1.06. The maximum atomic E-state index is 12.5. The first-order chi connectivity index (χ1) is 10.0. The van der Waals surface area contributed by atoms with Gasteiger partial charge in [-0.3, -0.25) is 9.59 Å². The Morgan fingerprint density at radius 2 is 2.00 bits per heavy atom. The minimum atomic E-state index is -1.04. The van der Waals surface area contributed by atoms with Gasteiger partial charge in [0.15, 0.2) is 0 Å². The summed E-state index contributed by atoms with van der Waals surface area (Å²) in [4.78, 5) is 37.4. The van der Waals surface area contributed by atoms with Gasteiger partial charge in [-0.2, -0.15) is 0 Å². The Hall–Kier alpha value is -1.24. The molecule has 0 aromatic carbocycles. The molecule has 0 aromatic rings. The van der Waals surface area contributed by atoms with Gasteiger partial charge in [0.25, 0.3) is 0 Å². The van der Waals surface area contributed by atoms with Gasteiger partial charge in [-0.25, -0.2) is 4.79 Å². The van der Waals surface area contributed by atoms with Crippen molar-refractivity contribution < 1.29 is 19.5 Å². The number of thioether (sulfide) groups is 1. The van der Waals surface area contributed by atoms with Crippen LogP contribution in [0.2, 0.25) is 0 Å². The molecule has 21 heavy (non-hydrogen) atoms. The van der Waals surface area contributed by atoms with Crippen molar-refractivity contribution in [1.82, 2.24) is 10.2 Å². The number of carbonyl (C=O) groups excluding carboxylic acids is 2. The monoisotopic (exact) mass is 314 g/mol. The maximum Gasteiger partial charge on any atom is 0.326 e. The summed E-state index contributed by atoms with van der Waals surface area (Å²) in [5, 5.41) is 11.5. The molecule has 0 spiro atoms. The molecule has 0 bridgehead atoms.